The molecule has 1 aliphatic rings. The van der Waals surface area contributed by atoms with Gasteiger partial charge in [0.05, 0.1) is 0 Å². The fourth-order valence-corrected chi connectivity index (χ4v) is 2.55. The van der Waals surface area contributed by atoms with E-state index in [0.29, 0.717) is 5.92 Å². The van der Waals surface area contributed by atoms with Gasteiger partial charge in [0, 0.05) is 12.5 Å². The van der Waals surface area contributed by atoms with Crippen LogP contribution in [0.15, 0.2) is 0 Å². The highest BCUT2D eigenvalue weighted by Crippen LogP contribution is 2.39. The van der Waals surface area contributed by atoms with Crippen molar-refractivity contribution in [2.24, 2.45) is 5.92 Å². The average Bonchev–Trinajstić information content (AvgIpc) is 3.11. The lowest BCUT2D eigenvalue weighted by Crippen LogP contribution is -2.12. The molecule has 1 aliphatic carbocycles. The molecule has 0 saturated heterocycles. The molecule has 1 unspecified atom stereocenters. The van der Waals surface area contributed by atoms with Gasteiger partial charge in [0.2, 0.25) is 0 Å². The lowest BCUT2D eigenvalue weighted by molar-refractivity contribution is 0.382. The number of aromatic amines is 1. The van der Waals surface area contributed by atoms with Crippen molar-refractivity contribution in [3.8, 4) is 0 Å². The third kappa shape index (κ3) is 3.18. The predicted molar refractivity (Wildman–Crippen MR) is 72.7 cm³/mol. The Morgan fingerprint density at radius 3 is 2.82 bits per heavy atom. The van der Waals surface area contributed by atoms with Gasteiger partial charge in [-0.25, -0.2) is 0 Å². The van der Waals surface area contributed by atoms with Gasteiger partial charge in [-0.05, 0) is 37.4 Å². The highest BCUT2D eigenvalue weighted by atomic mass is 32.1. The van der Waals surface area contributed by atoms with Gasteiger partial charge in [0.15, 0.2) is 4.77 Å². The molecule has 2 rings (SSSR count). The van der Waals surface area contributed by atoms with Crippen LogP contribution in [0.5, 0.6) is 0 Å². The van der Waals surface area contributed by atoms with Crippen molar-refractivity contribution in [3.63, 3.8) is 0 Å². The second kappa shape index (κ2) is 5.80. The van der Waals surface area contributed by atoms with E-state index in [9.17, 15) is 0 Å². The van der Waals surface area contributed by atoms with Crippen LogP contribution in [0.3, 0.4) is 0 Å². The summed E-state index contributed by atoms with van der Waals surface area (Å²) >= 11 is 5.34. The van der Waals surface area contributed by atoms with Gasteiger partial charge < -0.3 is 4.57 Å². The van der Waals surface area contributed by atoms with Crippen LogP contribution in [0, 0.1) is 10.7 Å². The quantitative estimate of drug-likeness (QED) is 0.744. The topological polar surface area (TPSA) is 33.6 Å². The molecule has 96 valence electrons. The molecule has 0 aromatic carbocycles. The molecule has 1 atom stereocenters. The van der Waals surface area contributed by atoms with E-state index in [4.69, 9.17) is 12.2 Å². The number of hydrogen-bond donors (Lipinski definition) is 1. The van der Waals surface area contributed by atoms with Crippen molar-refractivity contribution in [2.45, 2.75) is 64.8 Å². The molecular formula is C13H23N3S. The minimum atomic E-state index is 0.673. The molecule has 0 spiro atoms. The Labute approximate surface area is 109 Å². The summed E-state index contributed by atoms with van der Waals surface area (Å²) in [4.78, 5) is 0. The highest BCUT2D eigenvalue weighted by molar-refractivity contribution is 7.71. The van der Waals surface area contributed by atoms with E-state index >= 15 is 0 Å². The first-order valence-corrected chi connectivity index (χ1v) is 7.32. The van der Waals surface area contributed by atoms with Crippen LogP contribution in [0.1, 0.15) is 64.1 Å². The van der Waals surface area contributed by atoms with Crippen LogP contribution in [-0.2, 0) is 6.54 Å². The van der Waals surface area contributed by atoms with Gasteiger partial charge in [-0.15, -0.1) is 0 Å². The summed E-state index contributed by atoms with van der Waals surface area (Å²) in [6, 6.07) is 0. The Hall–Kier alpha value is -0.640. The summed E-state index contributed by atoms with van der Waals surface area (Å²) < 4.78 is 3.05. The second-order valence-corrected chi connectivity index (χ2v) is 5.58. The smallest absolute Gasteiger partial charge is 0.195 e. The van der Waals surface area contributed by atoms with E-state index in [1.165, 1.54) is 44.3 Å². The zero-order valence-corrected chi connectivity index (χ0v) is 11.7. The van der Waals surface area contributed by atoms with Gasteiger partial charge in [-0.2, -0.15) is 5.10 Å². The van der Waals surface area contributed by atoms with Crippen LogP contribution >= 0.6 is 12.2 Å². The largest absolute Gasteiger partial charge is 0.304 e. The van der Waals surface area contributed by atoms with Gasteiger partial charge in [-0.3, -0.25) is 5.10 Å². The summed E-state index contributed by atoms with van der Waals surface area (Å²) in [5, 5.41) is 7.35. The van der Waals surface area contributed by atoms with Crippen LogP contribution in [0.4, 0.5) is 0 Å². The minimum absolute atomic E-state index is 0.673. The number of nitrogens with zero attached hydrogens (tertiary/aromatic N) is 2. The molecule has 1 aromatic rings. The van der Waals surface area contributed by atoms with Crippen LogP contribution in [-0.4, -0.2) is 14.8 Å². The molecule has 0 aliphatic heterocycles. The summed E-state index contributed by atoms with van der Waals surface area (Å²) in [6.07, 6.45) is 7.71. The molecule has 1 heterocycles. The molecule has 0 radical (unpaired) electrons. The van der Waals surface area contributed by atoms with E-state index in [1.54, 1.807) is 0 Å². The summed E-state index contributed by atoms with van der Waals surface area (Å²) in [6.45, 7) is 5.59. The molecule has 4 heteroatoms. The maximum atomic E-state index is 5.34. The van der Waals surface area contributed by atoms with Gasteiger partial charge in [0.1, 0.15) is 5.82 Å². The fourth-order valence-electron chi connectivity index (χ4n) is 2.34. The van der Waals surface area contributed by atoms with Gasteiger partial charge in [0.25, 0.3) is 0 Å². The summed E-state index contributed by atoms with van der Waals surface area (Å²) in [5.41, 5.74) is 0. The molecule has 0 amide bonds. The number of rotatable bonds is 7. The number of aromatic nitrogens is 3. The van der Waals surface area contributed by atoms with Crippen LogP contribution in [0.2, 0.25) is 0 Å². The second-order valence-electron chi connectivity index (χ2n) is 5.19. The van der Waals surface area contributed by atoms with Crippen molar-refractivity contribution in [2.75, 3.05) is 0 Å². The van der Waals surface area contributed by atoms with Crippen molar-refractivity contribution in [3.05, 3.63) is 10.6 Å². The minimum Gasteiger partial charge on any atom is -0.304 e. The summed E-state index contributed by atoms with van der Waals surface area (Å²) in [5.74, 6) is 2.62. The Bertz CT molecular complexity index is 403. The van der Waals surface area contributed by atoms with Crippen LogP contribution in [0.25, 0.3) is 0 Å². The van der Waals surface area contributed by atoms with Gasteiger partial charge >= 0.3 is 0 Å². The Morgan fingerprint density at radius 2 is 2.24 bits per heavy atom. The number of nitrogens with one attached hydrogen (secondary N) is 1. The molecule has 1 fully saturated rings. The van der Waals surface area contributed by atoms with E-state index in [-0.39, 0.29) is 0 Å². The third-order valence-corrected chi connectivity index (χ3v) is 4.03. The Morgan fingerprint density at radius 1 is 1.47 bits per heavy atom. The zero-order valence-electron chi connectivity index (χ0n) is 10.9. The first-order chi connectivity index (χ1) is 8.26. The maximum absolute atomic E-state index is 5.34. The third-order valence-electron chi connectivity index (χ3n) is 3.71. The predicted octanol–water partition coefficient (Wildman–Crippen LogP) is 4.03. The lowest BCUT2D eigenvalue weighted by Gasteiger charge is -2.16. The van der Waals surface area contributed by atoms with E-state index in [1.807, 2.05) is 0 Å². The standard InChI is InChI=1S/C13H23N3S/c1-3-5-6-10(4-2)9-16-12(11-7-8-11)14-15-13(16)17/h10-11H,3-9H2,1-2H3,(H,15,17). The maximum Gasteiger partial charge on any atom is 0.195 e. The molecular weight excluding hydrogens is 230 g/mol. The first kappa shape index (κ1) is 12.8. The Kier molecular flexibility index (Phi) is 4.37. The molecule has 1 aromatic heterocycles. The molecule has 17 heavy (non-hydrogen) atoms. The molecule has 3 nitrogen and oxygen atoms in total. The van der Waals surface area contributed by atoms with Gasteiger partial charge in [-0.1, -0.05) is 33.1 Å². The molecule has 0 bridgehead atoms. The first-order valence-electron chi connectivity index (χ1n) is 6.91. The average molecular weight is 253 g/mol. The van der Waals surface area contributed by atoms with Crippen molar-refractivity contribution >= 4 is 12.2 Å². The normalized spacial score (nSPS) is 17.3. The van der Waals surface area contributed by atoms with Crippen molar-refractivity contribution in [1.82, 2.24) is 14.8 Å². The number of unbranched alkanes of at least 4 members (excludes halogenated alkanes) is 1. The number of H-pyrrole nitrogens is 1. The Balaban J connectivity index is 2.05. The molecule has 1 N–H and O–H groups in total. The molecule has 1 saturated carbocycles. The van der Waals surface area contributed by atoms with E-state index < -0.39 is 0 Å². The highest BCUT2D eigenvalue weighted by Gasteiger charge is 2.29. The monoisotopic (exact) mass is 253 g/mol. The zero-order chi connectivity index (χ0) is 12.3. The fraction of sp³-hybridized carbons (Fsp3) is 0.846. The van der Waals surface area contributed by atoms with E-state index in [2.05, 4.69) is 28.6 Å². The lowest BCUT2D eigenvalue weighted by atomic mass is 9.99. The number of hydrogen-bond acceptors (Lipinski definition) is 2. The SMILES string of the molecule is CCCCC(CC)Cn1c(C2CC2)n[nH]c1=S. The van der Waals surface area contributed by atoms with Crippen molar-refractivity contribution < 1.29 is 0 Å². The van der Waals surface area contributed by atoms with E-state index in [0.717, 1.165) is 17.2 Å². The summed E-state index contributed by atoms with van der Waals surface area (Å²) in [7, 11) is 0. The van der Waals surface area contributed by atoms with Crippen molar-refractivity contribution in [1.29, 1.82) is 0 Å². The van der Waals surface area contributed by atoms with Crippen LogP contribution < -0.4 is 0 Å².